The van der Waals surface area contributed by atoms with Gasteiger partial charge in [-0.3, -0.25) is 9.59 Å². The number of amides is 2. The number of nitrogens with one attached hydrogen (secondary N) is 1. The summed E-state index contributed by atoms with van der Waals surface area (Å²) in [5.41, 5.74) is 0.906. The molecule has 0 saturated carbocycles. The van der Waals surface area contributed by atoms with Crippen LogP contribution in [0.1, 0.15) is 39.4 Å². The highest BCUT2D eigenvalue weighted by Gasteiger charge is 2.18. The van der Waals surface area contributed by atoms with Crippen LogP contribution < -0.4 is 10.1 Å². The lowest BCUT2D eigenvalue weighted by Gasteiger charge is -2.15. The van der Waals surface area contributed by atoms with Crippen molar-refractivity contribution >= 4 is 23.5 Å². The fraction of sp³-hybridized carbons (Fsp3) is 0.300. The van der Waals surface area contributed by atoms with Crippen molar-refractivity contribution in [2.45, 2.75) is 19.8 Å². The number of benzene rings is 1. The van der Waals surface area contributed by atoms with E-state index in [0.29, 0.717) is 11.4 Å². The molecule has 8 nitrogen and oxygen atoms in total. The second-order valence-corrected chi connectivity index (χ2v) is 6.49. The summed E-state index contributed by atoms with van der Waals surface area (Å²) in [4.78, 5) is 41.3. The fourth-order valence-electron chi connectivity index (χ4n) is 2.98. The lowest BCUT2D eigenvalue weighted by molar-refractivity contribution is -0.132. The van der Waals surface area contributed by atoms with Crippen molar-refractivity contribution in [3.8, 4) is 5.75 Å². The molecule has 0 bridgehead atoms. The Labute approximate surface area is 162 Å². The zero-order valence-corrected chi connectivity index (χ0v) is 15.5. The summed E-state index contributed by atoms with van der Waals surface area (Å²) in [6, 6.07) is 9.43. The summed E-state index contributed by atoms with van der Waals surface area (Å²) in [7, 11) is 0. The minimum absolute atomic E-state index is 0.0468. The number of anilines is 1. The van der Waals surface area contributed by atoms with Gasteiger partial charge in [0.25, 0.3) is 11.8 Å². The summed E-state index contributed by atoms with van der Waals surface area (Å²) in [5, 5.41) is 11.7. The number of hydrogen-bond donors (Lipinski definition) is 2. The zero-order valence-electron chi connectivity index (χ0n) is 15.5. The van der Waals surface area contributed by atoms with Crippen LogP contribution in [0.15, 0.2) is 36.4 Å². The molecule has 0 spiro atoms. The number of hydrogen-bond acceptors (Lipinski definition) is 5. The highest BCUT2D eigenvalue weighted by molar-refractivity contribution is 6.03. The number of aryl methyl sites for hydroxylation is 1. The van der Waals surface area contributed by atoms with Gasteiger partial charge in [-0.25, -0.2) is 9.78 Å². The van der Waals surface area contributed by atoms with Crippen LogP contribution >= 0.6 is 0 Å². The lowest BCUT2D eigenvalue weighted by atomic mass is 10.2. The van der Waals surface area contributed by atoms with Crippen molar-refractivity contribution in [1.29, 1.82) is 0 Å². The first-order chi connectivity index (χ1) is 13.4. The topological polar surface area (TPSA) is 109 Å². The summed E-state index contributed by atoms with van der Waals surface area (Å²) < 4.78 is 5.55. The second kappa shape index (κ2) is 8.51. The second-order valence-electron chi connectivity index (χ2n) is 6.49. The number of carboxylic acids is 1. The van der Waals surface area contributed by atoms with Gasteiger partial charge in [-0.15, -0.1) is 0 Å². The fourth-order valence-corrected chi connectivity index (χ4v) is 2.98. The average molecular weight is 383 g/mol. The molecule has 146 valence electrons. The number of carbonyl (C=O) groups excluding carboxylic acids is 2. The molecule has 2 aromatic rings. The summed E-state index contributed by atoms with van der Waals surface area (Å²) >= 11 is 0. The van der Waals surface area contributed by atoms with E-state index < -0.39 is 11.9 Å². The van der Waals surface area contributed by atoms with Crippen molar-refractivity contribution < 1.29 is 24.2 Å². The van der Waals surface area contributed by atoms with Crippen LogP contribution in [-0.4, -0.2) is 52.5 Å². The van der Waals surface area contributed by atoms with E-state index in [-0.39, 0.29) is 29.5 Å². The molecule has 2 heterocycles. The number of carboxylic acid groups (broad SMARTS) is 1. The zero-order chi connectivity index (χ0) is 20.1. The van der Waals surface area contributed by atoms with E-state index in [1.54, 1.807) is 29.2 Å². The number of aromatic carboxylic acids is 1. The summed E-state index contributed by atoms with van der Waals surface area (Å²) in [6.07, 6.45) is 2.04. The number of ether oxygens (including phenoxy) is 1. The Hall–Kier alpha value is -3.42. The largest absolute Gasteiger partial charge is 0.484 e. The van der Waals surface area contributed by atoms with Crippen molar-refractivity contribution in [3.05, 3.63) is 53.3 Å². The number of aromatic nitrogens is 1. The molecule has 1 aliphatic rings. The van der Waals surface area contributed by atoms with Crippen LogP contribution in [0.5, 0.6) is 5.75 Å². The molecular formula is C20H21N3O5. The average Bonchev–Trinajstić information content (AvgIpc) is 3.21. The van der Waals surface area contributed by atoms with Gasteiger partial charge in [-0.2, -0.15) is 0 Å². The first kappa shape index (κ1) is 19.3. The maximum atomic E-state index is 12.4. The minimum Gasteiger partial charge on any atom is -0.484 e. The van der Waals surface area contributed by atoms with Crippen molar-refractivity contribution in [2.75, 3.05) is 25.0 Å². The smallest absolute Gasteiger partial charge is 0.337 e. The van der Waals surface area contributed by atoms with Gasteiger partial charge in [0.2, 0.25) is 0 Å². The molecule has 0 aliphatic carbocycles. The molecule has 1 aliphatic heterocycles. The molecule has 0 radical (unpaired) electrons. The van der Waals surface area contributed by atoms with Crippen molar-refractivity contribution in [3.63, 3.8) is 0 Å². The maximum absolute atomic E-state index is 12.4. The van der Waals surface area contributed by atoms with Gasteiger partial charge in [0.1, 0.15) is 11.4 Å². The molecular weight excluding hydrogens is 362 g/mol. The highest BCUT2D eigenvalue weighted by atomic mass is 16.5. The first-order valence-electron chi connectivity index (χ1n) is 8.97. The van der Waals surface area contributed by atoms with Crippen LogP contribution in [0.4, 0.5) is 5.69 Å². The minimum atomic E-state index is -1.09. The van der Waals surface area contributed by atoms with Gasteiger partial charge < -0.3 is 20.1 Å². The molecule has 1 fully saturated rings. The Balaban J connectivity index is 1.62. The Morgan fingerprint density at radius 1 is 1.18 bits per heavy atom. The van der Waals surface area contributed by atoms with Crippen LogP contribution in [0.25, 0.3) is 0 Å². The van der Waals surface area contributed by atoms with Crippen molar-refractivity contribution in [1.82, 2.24) is 9.88 Å². The molecule has 0 atom stereocenters. The number of carbonyl (C=O) groups is 3. The Morgan fingerprint density at radius 2 is 1.93 bits per heavy atom. The molecule has 1 aromatic carbocycles. The van der Waals surface area contributed by atoms with E-state index in [9.17, 15) is 14.4 Å². The van der Waals surface area contributed by atoms with Gasteiger partial charge in [-0.05, 0) is 44.0 Å². The molecule has 3 rings (SSSR count). The van der Waals surface area contributed by atoms with Crippen LogP contribution in [0.3, 0.4) is 0 Å². The number of rotatable bonds is 6. The molecule has 0 unspecified atom stereocenters. The van der Waals surface area contributed by atoms with Gasteiger partial charge >= 0.3 is 5.97 Å². The Morgan fingerprint density at radius 3 is 2.61 bits per heavy atom. The predicted molar refractivity (Wildman–Crippen MR) is 102 cm³/mol. The molecule has 28 heavy (non-hydrogen) atoms. The third-order valence-corrected chi connectivity index (χ3v) is 4.46. The predicted octanol–water partition coefficient (Wildman–Crippen LogP) is 2.34. The van der Waals surface area contributed by atoms with E-state index in [4.69, 9.17) is 9.84 Å². The maximum Gasteiger partial charge on any atom is 0.337 e. The van der Waals surface area contributed by atoms with Crippen LogP contribution in [0.2, 0.25) is 0 Å². The van der Waals surface area contributed by atoms with E-state index >= 15 is 0 Å². The lowest BCUT2D eigenvalue weighted by Crippen LogP contribution is -2.32. The van der Waals surface area contributed by atoms with Gasteiger partial charge in [-0.1, -0.05) is 6.07 Å². The van der Waals surface area contributed by atoms with E-state index in [1.807, 2.05) is 0 Å². The number of pyridine rings is 1. The van der Waals surface area contributed by atoms with Crippen molar-refractivity contribution in [2.24, 2.45) is 0 Å². The Kier molecular flexibility index (Phi) is 5.88. The quantitative estimate of drug-likeness (QED) is 0.793. The van der Waals surface area contributed by atoms with E-state index in [1.165, 1.54) is 19.1 Å². The first-order valence-corrected chi connectivity index (χ1v) is 8.97. The summed E-state index contributed by atoms with van der Waals surface area (Å²) in [6.45, 7) is 3.03. The third kappa shape index (κ3) is 4.64. The number of nitrogens with zero attached hydrogens (tertiary/aromatic N) is 2. The third-order valence-electron chi connectivity index (χ3n) is 4.46. The molecule has 1 saturated heterocycles. The highest BCUT2D eigenvalue weighted by Crippen LogP contribution is 2.19. The molecule has 2 amide bonds. The van der Waals surface area contributed by atoms with Crippen LogP contribution in [-0.2, 0) is 4.79 Å². The monoisotopic (exact) mass is 383 g/mol. The standard InChI is InChI=1S/C20H21N3O5/c1-13-16(20(26)27)7-8-17(21-13)19(25)22-14-5-4-6-15(11-14)28-12-18(24)23-9-2-3-10-23/h4-8,11H,2-3,9-10,12H2,1H3,(H,22,25)(H,26,27). The van der Waals surface area contributed by atoms with Gasteiger partial charge in [0.15, 0.2) is 6.61 Å². The Bertz CT molecular complexity index is 906. The van der Waals surface area contributed by atoms with Gasteiger partial charge in [0.05, 0.1) is 11.3 Å². The SMILES string of the molecule is Cc1nc(C(=O)Nc2cccc(OCC(=O)N3CCCC3)c2)ccc1C(=O)O. The molecule has 8 heteroatoms. The van der Waals surface area contributed by atoms with Crippen LogP contribution in [0, 0.1) is 6.92 Å². The summed E-state index contributed by atoms with van der Waals surface area (Å²) in [5.74, 6) is -1.14. The number of likely N-dealkylation sites (tertiary alicyclic amines) is 1. The molecule has 2 N–H and O–H groups in total. The van der Waals surface area contributed by atoms with Gasteiger partial charge in [0, 0.05) is 24.8 Å². The van der Waals surface area contributed by atoms with E-state index in [0.717, 1.165) is 25.9 Å². The normalized spacial score (nSPS) is 13.2. The van der Waals surface area contributed by atoms with E-state index in [2.05, 4.69) is 10.3 Å². The molecule has 1 aromatic heterocycles.